The molecule has 4 atom stereocenters. The molecule has 0 amide bonds. The number of rotatable bonds is 0. The minimum absolute atomic E-state index is 0.102. The molecule has 3 unspecified atom stereocenters. The molecular formula is C16H21NO3. The maximum atomic E-state index is 12.5. The predicted molar refractivity (Wildman–Crippen MR) is 74.2 cm³/mol. The van der Waals surface area contributed by atoms with E-state index in [0.29, 0.717) is 24.3 Å². The van der Waals surface area contributed by atoms with Crippen LogP contribution in [0.5, 0.6) is 0 Å². The fraction of sp³-hybridized carbons (Fsp3) is 0.688. The Hall–Kier alpha value is -1.13. The van der Waals surface area contributed by atoms with Gasteiger partial charge in [-0.1, -0.05) is 19.1 Å². The molecule has 2 fully saturated rings. The van der Waals surface area contributed by atoms with Gasteiger partial charge in [-0.05, 0) is 38.1 Å². The number of allylic oxidation sites excluding steroid dienone is 1. The van der Waals surface area contributed by atoms with Crippen LogP contribution in [0, 0.1) is 11.8 Å². The van der Waals surface area contributed by atoms with Gasteiger partial charge < -0.3 is 10.2 Å². The van der Waals surface area contributed by atoms with E-state index in [2.05, 4.69) is 11.8 Å². The van der Waals surface area contributed by atoms with E-state index in [9.17, 15) is 15.0 Å². The lowest BCUT2D eigenvalue weighted by Crippen LogP contribution is -2.76. The fourth-order valence-corrected chi connectivity index (χ4v) is 5.26. The van der Waals surface area contributed by atoms with Crippen LogP contribution in [0.3, 0.4) is 0 Å². The van der Waals surface area contributed by atoms with Crippen LogP contribution in [0.25, 0.3) is 0 Å². The highest BCUT2D eigenvalue weighted by molar-refractivity contribution is 5.99. The summed E-state index contributed by atoms with van der Waals surface area (Å²) in [6.45, 7) is 3.88. The molecule has 1 saturated carbocycles. The van der Waals surface area contributed by atoms with Crippen LogP contribution in [0.2, 0.25) is 0 Å². The van der Waals surface area contributed by atoms with Crippen molar-refractivity contribution in [1.29, 1.82) is 0 Å². The van der Waals surface area contributed by atoms with Gasteiger partial charge in [0.25, 0.3) is 0 Å². The van der Waals surface area contributed by atoms with Crippen molar-refractivity contribution in [2.45, 2.75) is 43.7 Å². The molecule has 2 N–H and O–H groups in total. The molecule has 1 saturated heterocycles. The number of carbonyl (C=O) groups is 1. The van der Waals surface area contributed by atoms with Gasteiger partial charge in [0.05, 0.1) is 17.1 Å². The Balaban J connectivity index is 2.04. The van der Waals surface area contributed by atoms with Crippen molar-refractivity contribution < 1.29 is 15.0 Å². The summed E-state index contributed by atoms with van der Waals surface area (Å²) in [5, 5.41) is 21.8. The highest BCUT2D eigenvalue weighted by atomic mass is 16.3. The lowest BCUT2D eigenvalue weighted by atomic mass is 9.50. The monoisotopic (exact) mass is 275 g/mol. The molecular weight excluding hydrogens is 254 g/mol. The maximum absolute atomic E-state index is 12.5. The van der Waals surface area contributed by atoms with Crippen LogP contribution in [0.4, 0.5) is 0 Å². The topological polar surface area (TPSA) is 60.8 Å². The Morgan fingerprint density at radius 2 is 2.25 bits per heavy atom. The van der Waals surface area contributed by atoms with Crippen LogP contribution in [-0.4, -0.2) is 45.1 Å². The first-order valence-electron chi connectivity index (χ1n) is 7.62. The zero-order valence-electron chi connectivity index (χ0n) is 11.8. The minimum Gasteiger partial charge on any atom is -0.504 e. The zero-order valence-corrected chi connectivity index (χ0v) is 11.8. The molecule has 1 spiro atoms. The highest BCUT2D eigenvalue weighted by Gasteiger charge is 2.68. The van der Waals surface area contributed by atoms with Crippen molar-refractivity contribution in [3.63, 3.8) is 0 Å². The predicted octanol–water partition coefficient (Wildman–Crippen LogP) is 1.56. The molecule has 108 valence electrons. The van der Waals surface area contributed by atoms with E-state index in [1.807, 2.05) is 12.2 Å². The van der Waals surface area contributed by atoms with Gasteiger partial charge in [0, 0.05) is 12.1 Å². The van der Waals surface area contributed by atoms with Gasteiger partial charge in [-0.15, -0.1) is 0 Å². The molecule has 2 aliphatic carbocycles. The van der Waals surface area contributed by atoms with Crippen LogP contribution in [0.1, 0.15) is 32.6 Å². The molecule has 4 aliphatic rings. The summed E-state index contributed by atoms with van der Waals surface area (Å²) in [6.07, 6.45) is 6.96. The maximum Gasteiger partial charge on any atom is 0.203 e. The van der Waals surface area contributed by atoms with Gasteiger partial charge in [0.1, 0.15) is 0 Å². The first-order chi connectivity index (χ1) is 9.50. The van der Waals surface area contributed by atoms with Gasteiger partial charge in [-0.25, -0.2) is 0 Å². The molecule has 2 bridgehead atoms. The number of hydrogen-bond donors (Lipinski definition) is 2. The number of ketones is 1. The van der Waals surface area contributed by atoms with Crippen LogP contribution in [-0.2, 0) is 4.79 Å². The molecule has 4 nitrogen and oxygen atoms in total. The molecule has 4 rings (SSSR count). The standard InChI is InChI=1S/C16H21NO3/c1-10-8-12-14(19)13(18)11-4-2-6-17-7-3-5-16(12,20)15(11,17)9-10/h2,4,10,12,18,20H,3,5-9H2,1H3/t10?,12?,15-,16?/m0/s1. The number of Topliss-reactive ketones (excluding diaryl/α,β-unsaturated/α-hetero) is 1. The Morgan fingerprint density at radius 1 is 1.45 bits per heavy atom. The molecule has 0 aromatic heterocycles. The normalized spacial score (nSPS) is 47.4. The summed E-state index contributed by atoms with van der Waals surface area (Å²) in [6, 6.07) is 0. The fourth-order valence-electron chi connectivity index (χ4n) is 5.26. The number of aliphatic hydroxyl groups excluding tert-OH is 1. The Morgan fingerprint density at radius 3 is 3.05 bits per heavy atom. The van der Waals surface area contributed by atoms with Crippen molar-refractivity contribution >= 4 is 5.78 Å². The molecule has 0 aromatic carbocycles. The number of piperidine rings is 1. The van der Waals surface area contributed by atoms with Crippen molar-refractivity contribution in [3.05, 3.63) is 23.5 Å². The van der Waals surface area contributed by atoms with E-state index >= 15 is 0 Å². The molecule has 4 heteroatoms. The van der Waals surface area contributed by atoms with E-state index < -0.39 is 17.1 Å². The second-order valence-electron chi connectivity index (χ2n) is 6.96. The summed E-state index contributed by atoms with van der Waals surface area (Å²) >= 11 is 0. The van der Waals surface area contributed by atoms with Gasteiger partial charge in [-0.3, -0.25) is 9.69 Å². The number of hydrogen-bond acceptors (Lipinski definition) is 4. The van der Waals surface area contributed by atoms with Gasteiger partial charge in [-0.2, -0.15) is 0 Å². The van der Waals surface area contributed by atoms with Gasteiger partial charge >= 0.3 is 0 Å². The average molecular weight is 275 g/mol. The first-order valence-corrected chi connectivity index (χ1v) is 7.62. The third-order valence-corrected chi connectivity index (χ3v) is 5.96. The number of nitrogens with zero attached hydrogens (tertiary/aromatic N) is 1. The lowest BCUT2D eigenvalue weighted by Gasteiger charge is -2.65. The van der Waals surface area contributed by atoms with Crippen molar-refractivity contribution in [2.75, 3.05) is 13.1 Å². The largest absolute Gasteiger partial charge is 0.504 e. The SMILES string of the molecule is CC1CC2C(=O)C(O)=C3C=CCN4CCCC2(O)[C@]34C1. The molecule has 0 radical (unpaired) electrons. The first kappa shape index (κ1) is 12.6. The van der Waals surface area contributed by atoms with E-state index in [0.717, 1.165) is 25.9 Å². The van der Waals surface area contributed by atoms with Crippen LogP contribution >= 0.6 is 0 Å². The minimum atomic E-state index is -0.999. The van der Waals surface area contributed by atoms with Gasteiger partial charge in [0.2, 0.25) is 5.78 Å². The third kappa shape index (κ3) is 1.19. The van der Waals surface area contributed by atoms with Crippen molar-refractivity contribution in [3.8, 4) is 0 Å². The number of aliphatic hydroxyl groups is 2. The second kappa shape index (κ2) is 3.74. The van der Waals surface area contributed by atoms with E-state index in [1.54, 1.807) is 0 Å². The Labute approximate surface area is 118 Å². The van der Waals surface area contributed by atoms with Crippen LogP contribution < -0.4 is 0 Å². The third-order valence-electron chi connectivity index (χ3n) is 5.96. The summed E-state index contributed by atoms with van der Waals surface area (Å²) < 4.78 is 0. The molecule has 20 heavy (non-hydrogen) atoms. The molecule has 2 heterocycles. The van der Waals surface area contributed by atoms with Crippen LogP contribution in [0.15, 0.2) is 23.5 Å². The Bertz CT molecular complexity index is 552. The molecule has 2 aliphatic heterocycles. The quantitative estimate of drug-likeness (QED) is 0.704. The van der Waals surface area contributed by atoms with E-state index in [-0.39, 0.29) is 11.5 Å². The highest BCUT2D eigenvalue weighted by Crippen LogP contribution is 2.59. The van der Waals surface area contributed by atoms with E-state index in [1.165, 1.54) is 0 Å². The average Bonchev–Trinajstić information content (AvgIpc) is 2.42. The summed E-state index contributed by atoms with van der Waals surface area (Å²) in [5.74, 6) is -0.406. The second-order valence-corrected chi connectivity index (χ2v) is 6.96. The van der Waals surface area contributed by atoms with E-state index in [4.69, 9.17) is 0 Å². The smallest absolute Gasteiger partial charge is 0.203 e. The lowest BCUT2D eigenvalue weighted by molar-refractivity contribution is -0.197. The number of carbonyl (C=O) groups excluding carboxylic acids is 1. The molecule has 0 aromatic rings. The zero-order chi connectivity index (χ0) is 14.1. The van der Waals surface area contributed by atoms with Crippen molar-refractivity contribution in [1.82, 2.24) is 4.90 Å². The summed E-state index contributed by atoms with van der Waals surface area (Å²) in [4.78, 5) is 14.8. The van der Waals surface area contributed by atoms with Gasteiger partial charge in [0.15, 0.2) is 5.76 Å². The van der Waals surface area contributed by atoms with Crippen molar-refractivity contribution in [2.24, 2.45) is 11.8 Å². The summed E-state index contributed by atoms with van der Waals surface area (Å²) in [7, 11) is 0. The Kier molecular flexibility index (Phi) is 2.36. The summed E-state index contributed by atoms with van der Waals surface area (Å²) in [5.41, 5.74) is -0.875.